The number of hydrogen-bond acceptors (Lipinski definition) is 4. The fourth-order valence-electron chi connectivity index (χ4n) is 5.20. The molecule has 0 radical (unpaired) electrons. The van der Waals surface area contributed by atoms with E-state index < -0.39 is 12.1 Å². The van der Waals surface area contributed by atoms with E-state index in [-0.39, 0.29) is 23.4 Å². The number of rotatable bonds is 7. The second-order valence-corrected chi connectivity index (χ2v) is 9.58. The van der Waals surface area contributed by atoms with Gasteiger partial charge in [-0.15, -0.1) is 0 Å². The minimum Gasteiger partial charge on any atom is -0.478 e. The summed E-state index contributed by atoms with van der Waals surface area (Å²) in [5.74, 6) is -0.300. The highest BCUT2D eigenvalue weighted by Gasteiger charge is 2.37. The topological polar surface area (TPSA) is 78.9 Å². The SMILES string of the molecule is CC.C[C@@H](NC[C@H]1CN(C(=O)Oc2ccc(C(=O)O)cc2)C[C@@H]1c1ccccc1)c1cccc2ccccc12. The van der Waals surface area contributed by atoms with Crippen molar-refractivity contribution in [3.8, 4) is 5.75 Å². The van der Waals surface area contributed by atoms with Crippen molar-refractivity contribution in [2.75, 3.05) is 19.6 Å². The molecule has 1 aliphatic rings. The Hall–Kier alpha value is -4.16. The van der Waals surface area contributed by atoms with E-state index in [0.29, 0.717) is 18.8 Å². The van der Waals surface area contributed by atoms with Gasteiger partial charge in [-0.2, -0.15) is 0 Å². The smallest absolute Gasteiger partial charge is 0.415 e. The number of aromatic carboxylic acids is 1. The van der Waals surface area contributed by atoms with Crippen LogP contribution in [0.1, 0.15) is 54.2 Å². The molecule has 202 valence electrons. The minimum absolute atomic E-state index is 0.149. The van der Waals surface area contributed by atoms with Crippen LogP contribution in [0.5, 0.6) is 5.75 Å². The number of carbonyl (C=O) groups is 2. The van der Waals surface area contributed by atoms with E-state index in [9.17, 15) is 9.59 Å². The average molecular weight is 525 g/mol. The van der Waals surface area contributed by atoms with E-state index in [1.54, 1.807) is 4.90 Å². The van der Waals surface area contributed by atoms with E-state index in [1.165, 1.54) is 46.2 Å². The van der Waals surface area contributed by atoms with Gasteiger partial charge in [0.25, 0.3) is 0 Å². The van der Waals surface area contributed by atoms with Crippen LogP contribution in [-0.4, -0.2) is 41.7 Å². The van der Waals surface area contributed by atoms with Crippen molar-refractivity contribution in [1.82, 2.24) is 10.2 Å². The quantitative estimate of drug-likeness (QED) is 0.269. The molecular weight excluding hydrogens is 488 g/mol. The van der Waals surface area contributed by atoms with Crippen molar-refractivity contribution in [2.45, 2.75) is 32.7 Å². The molecule has 0 bridgehead atoms. The van der Waals surface area contributed by atoms with Crippen molar-refractivity contribution in [3.63, 3.8) is 0 Å². The molecular formula is C33H36N2O4. The van der Waals surface area contributed by atoms with Crippen LogP contribution < -0.4 is 10.1 Å². The number of carboxylic acid groups (broad SMARTS) is 1. The van der Waals surface area contributed by atoms with Gasteiger partial charge in [-0.05, 0) is 59.0 Å². The van der Waals surface area contributed by atoms with Gasteiger partial charge in [0, 0.05) is 31.6 Å². The first-order valence-electron chi connectivity index (χ1n) is 13.6. The zero-order valence-corrected chi connectivity index (χ0v) is 22.7. The number of carboxylic acids is 1. The largest absolute Gasteiger partial charge is 0.478 e. The number of nitrogens with zero attached hydrogens (tertiary/aromatic N) is 1. The summed E-state index contributed by atoms with van der Waals surface area (Å²) in [7, 11) is 0. The number of ether oxygens (including phenoxy) is 1. The predicted molar refractivity (Wildman–Crippen MR) is 155 cm³/mol. The lowest BCUT2D eigenvalue weighted by atomic mass is 9.88. The van der Waals surface area contributed by atoms with Crippen LogP contribution in [0.25, 0.3) is 10.8 Å². The summed E-state index contributed by atoms with van der Waals surface area (Å²) >= 11 is 0. The van der Waals surface area contributed by atoms with Crippen molar-refractivity contribution >= 4 is 22.8 Å². The number of fused-ring (bicyclic) bond motifs is 1. The van der Waals surface area contributed by atoms with Gasteiger partial charge in [0.15, 0.2) is 0 Å². The van der Waals surface area contributed by atoms with Crippen LogP contribution in [0.2, 0.25) is 0 Å². The first-order chi connectivity index (χ1) is 19.0. The number of carbonyl (C=O) groups excluding carboxylic acids is 1. The summed E-state index contributed by atoms with van der Waals surface area (Å²) in [6, 6.07) is 31.1. The van der Waals surface area contributed by atoms with Crippen LogP contribution in [0, 0.1) is 5.92 Å². The van der Waals surface area contributed by atoms with Crippen molar-refractivity contribution < 1.29 is 19.4 Å². The molecule has 1 amide bonds. The summed E-state index contributed by atoms with van der Waals surface area (Å²) in [4.78, 5) is 25.9. The first kappa shape index (κ1) is 27.9. The molecule has 3 atom stereocenters. The average Bonchev–Trinajstić information content (AvgIpc) is 3.42. The van der Waals surface area contributed by atoms with E-state index in [4.69, 9.17) is 9.84 Å². The summed E-state index contributed by atoms with van der Waals surface area (Å²) < 4.78 is 5.58. The van der Waals surface area contributed by atoms with Gasteiger partial charge in [-0.25, -0.2) is 9.59 Å². The maximum absolute atomic E-state index is 13.0. The maximum atomic E-state index is 13.0. The Labute approximate surface area is 230 Å². The highest BCUT2D eigenvalue weighted by Crippen LogP contribution is 2.34. The highest BCUT2D eigenvalue weighted by atomic mass is 16.6. The fourth-order valence-corrected chi connectivity index (χ4v) is 5.20. The van der Waals surface area contributed by atoms with Crippen LogP contribution >= 0.6 is 0 Å². The van der Waals surface area contributed by atoms with Gasteiger partial charge < -0.3 is 20.1 Å². The van der Waals surface area contributed by atoms with Gasteiger partial charge in [-0.3, -0.25) is 0 Å². The highest BCUT2D eigenvalue weighted by molar-refractivity contribution is 5.88. The van der Waals surface area contributed by atoms with Gasteiger partial charge in [0.05, 0.1) is 5.56 Å². The molecule has 2 N–H and O–H groups in total. The molecule has 0 aliphatic carbocycles. The Bertz CT molecular complexity index is 1380. The monoisotopic (exact) mass is 524 g/mol. The molecule has 6 nitrogen and oxygen atoms in total. The molecule has 1 aliphatic heterocycles. The third kappa shape index (κ3) is 6.65. The Morgan fingerprint density at radius 2 is 1.56 bits per heavy atom. The molecule has 1 saturated heterocycles. The molecule has 1 fully saturated rings. The summed E-state index contributed by atoms with van der Waals surface area (Å²) in [5, 5.41) is 15.3. The van der Waals surface area contributed by atoms with Gasteiger partial charge in [-0.1, -0.05) is 86.6 Å². The zero-order valence-electron chi connectivity index (χ0n) is 22.7. The van der Waals surface area contributed by atoms with Crippen LogP contribution in [0.4, 0.5) is 4.79 Å². The maximum Gasteiger partial charge on any atom is 0.415 e. The van der Waals surface area contributed by atoms with E-state index in [1.807, 2.05) is 32.0 Å². The Morgan fingerprint density at radius 1 is 0.897 bits per heavy atom. The minimum atomic E-state index is -1.02. The lowest BCUT2D eigenvalue weighted by Gasteiger charge is -2.23. The van der Waals surface area contributed by atoms with Crippen molar-refractivity contribution in [3.05, 3.63) is 114 Å². The summed E-state index contributed by atoms with van der Waals surface area (Å²) in [6.45, 7) is 8.06. The molecule has 0 unspecified atom stereocenters. The van der Waals surface area contributed by atoms with E-state index in [2.05, 4.69) is 66.8 Å². The predicted octanol–water partition coefficient (Wildman–Crippen LogP) is 7.13. The molecule has 0 aromatic heterocycles. The fraction of sp³-hybridized carbons (Fsp3) is 0.273. The Kier molecular flexibility index (Phi) is 9.34. The molecule has 1 heterocycles. The number of nitrogens with one attached hydrogen (secondary N) is 1. The Morgan fingerprint density at radius 3 is 2.28 bits per heavy atom. The lowest BCUT2D eigenvalue weighted by Crippen LogP contribution is -2.33. The zero-order chi connectivity index (χ0) is 27.8. The molecule has 6 heteroatoms. The third-order valence-electron chi connectivity index (χ3n) is 7.21. The van der Waals surface area contributed by atoms with E-state index in [0.717, 1.165) is 6.54 Å². The normalized spacial score (nSPS) is 17.3. The molecule has 0 spiro atoms. The Balaban J connectivity index is 0.00000172. The van der Waals surface area contributed by atoms with Gasteiger partial charge in [0.1, 0.15) is 5.75 Å². The lowest BCUT2D eigenvalue weighted by molar-refractivity contribution is 0.0697. The summed E-state index contributed by atoms with van der Waals surface area (Å²) in [5.41, 5.74) is 2.61. The second-order valence-electron chi connectivity index (χ2n) is 9.58. The molecule has 5 rings (SSSR count). The third-order valence-corrected chi connectivity index (χ3v) is 7.21. The van der Waals surface area contributed by atoms with E-state index >= 15 is 0 Å². The number of likely N-dealkylation sites (tertiary alicyclic amines) is 1. The first-order valence-corrected chi connectivity index (χ1v) is 13.6. The van der Waals surface area contributed by atoms with Crippen molar-refractivity contribution in [2.24, 2.45) is 5.92 Å². The van der Waals surface area contributed by atoms with Gasteiger partial charge in [0.2, 0.25) is 0 Å². The number of hydrogen-bond donors (Lipinski definition) is 2. The molecule has 39 heavy (non-hydrogen) atoms. The molecule has 0 saturated carbocycles. The summed E-state index contributed by atoms with van der Waals surface area (Å²) in [6.07, 6.45) is -0.423. The van der Waals surface area contributed by atoms with Crippen molar-refractivity contribution in [1.29, 1.82) is 0 Å². The number of amides is 1. The molecule has 4 aromatic rings. The molecule has 4 aromatic carbocycles. The number of benzene rings is 4. The second kappa shape index (κ2) is 13.1. The van der Waals surface area contributed by atoms with Crippen LogP contribution in [-0.2, 0) is 0 Å². The van der Waals surface area contributed by atoms with Crippen LogP contribution in [0.15, 0.2) is 97.1 Å². The van der Waals surface area contributed by atoms with Gasteiger partial charge >= 0.3 is 12.1 Å². The standard InChI is InChI=1S/C31H30N2O4.C2H6/c1-21(27-13-7-11-22-10-5-6-12-28(22)27)32-18-25-19-33(20-29(25)23-8-3-2-4-9-23)31(36)37-26-16-14-24(15-17-26)30(34)35;1-2/h2-17,21,25,29,32H,18-20H2,1H3,(H,34,35);1-2H3/t21-,25+,29-;/m1./s1. The van der Waals surface area contributed by atoms with Crippen LogP contribution in [0.3, 0.4) is 0 Å².